The molecule has 0 atom stereocenters. The van der Waals surface area contributed by atoms with Crippen LogP contribution < -0.4 is 0 Å². The highest BCUT2D eigenvalue weighted by atomic mass is 32.2. The topological polar surface area (TPSA) is 71.4 Å². The molecule has 1 rings (SSSR count). The SMILES string of the molecule is CCS(=O)(=O)c1c(C)sc(C)c1C(=O)O. The van der Waals surface area contributed by atoms with Crippen LogP contribution in [0.1, 0.15) is 27.0 Å². The van der Waals surface area contributed by atoms with Crippen molar-refractivity contribution in [1.29, 1.82) is 0 Å². The third-order valence-corrected chi connectivity index (χ3v) is 5.15. The van der Waals surface area contributed by atoms with E-state index in [1.165, 1.54) is 18.3 Å². The lowest BCUT2D eigenvalue weighted by Gasteiger charge is -2.02. The molecule has 0 spiro atoms. The number of carboxylic acids is 1. The number of hydrogen-bond donors (Lipinski definition) is 1. The molecule has 0 radical (unpaired) electrons. The van der Waals surface area contributed by atoms with Crippen molar-refractivity contribution in [3.05, 3.63) is 15.3 Å². The Labute approximate surface area is 92.5 Å². The molecule has 1 heterocycles. The first-order valence-electron chi connectivity index (χ1n) is 4.37. The monoisotopic (exact) mass is 248 g/mol. The van der Waals surface area contributed by atoms with E-state index in [4.69, 9.17) is 5.11 Å². The third kappa shape index (κ3) is 2.05. The van der Waals surface area contributed by atoms with Crippen LogP contribution in [-0.4, -0.2) is 25.2 Å². The predicted octanol–water partition coefficient (Wildman–Crippen LogP) is 1.86. The normalized spacial score (nSPS) is 11.7. The largest absolute Gasteiger partial charge is 0.478 e. The van der Waals surface area contributed by atoms with Gasteiger partial charge in [0.25, 0.3) is 0 Å². The average molecular weight is 248 g/mol. The van der Waals surface area contributed by atoms with Crippen LogP contribution in [0.3, 0.4) is 0 Å². The lowest BCUT2D eigenvalue weighted by atomic mass is 10.2. The minimum atomic E-state index is -3.45. The second-order valence-corrected chi connectivity index (χ2v) is 6.77. The van der Waals surface area contributed by atoms with Crippen molar-refractivity contribution in [2.24, 2.45) is 0 Å². The molecule has 84 valence electrons. The fourth-order valence-electron chi connectivity index (χ4n) is 1.43. The van der Waals surface area contributed by atoms with Crippen molar-refractivity contribution in [1.82, 2.24) is 0 Å². The molecule has 0 aromatic carbocycles. The van der Waals surface area contributed by atoms with Gasteiger partial charge in [-0.05, 0) is 13.8 Å². The van der Waals surface area contributed by atoms with Crippen molar-refractivity contribution in [3.8, 4) is 0 Å². The zero-order chi connectivity index (χ0) is 11.8. The van der Waals surface area contributed by atoms with Crippen LogP contribution in [0.15, 0.2) is 4.90 Å². The van der Waals surface area contributed by atoms with Gasteiger partial charge in [0, 0.05) is 9.75 Å². The second kappa shape index (κ2) is 3.94. The molecule has 1 aromatic rings. The molecular weight excluding hydrogens is 236 g/mol. The number of sulfone groups is 1. The fourth-order valence-corrected chi connectivity index (χ4v) is 4.22. The smallest absolute Gasteiger partial charge is 0.338 e. The summed E-state index contributed by atoms with van der Waals surface area (Å²) in [4.78, 5) is 12.0. The molecule has 0 amide bonds. The van der Waals surface area contributed by atoms with Gasteiger partial charge in [-0.2, -0.15) is 0 Å². The number of carbonyl (C=O) groups is 1. The first kappa shape index (κ1) is 12.2. The lowest BCUT2D eigenvalue weighted by Crippen LogP contribution is -2.10. The van der Waals surface area contributed by atoms with E-state index in [9.17, 15) is 13.2 Å². The molecule has 0 saturated carbocycles. The minimum absolute atomic E-state index is 0.0139. The molecule has 1 N–H and O–H groups in total. The molecule has 0 aliphatic heterocycles. The lowest BCUT2D eigenvalue weighted by molar-refractivity contribution is 0.0692. The summed E-state index contributed by atoms with van der Waals surface area (Å²) in [7, 11) is -3.45. The molecule has 15 heavy (non-hydrogen) atoms. The van der Waals surface area contributed by atoms with Crippen LogP contribution in [-0.2, 0) is 9.84 Å². The number of aryl methyl sites for hydroxylation is 2. The van der Waals surface area contributed by atoms with Gasteiger partial charge >= 0.3 is 5.97 Å². The molecule has 0 aliphatic carbocycles. The Morgan fingerprint density at radius 2 is 1.87 bits per heavy atom. The Hall–Kier alpha value is -0.880. The number of aromatic carboxylic acids is 1. The standard InChI is InChI=1S/C9H12O4S2/c1-4-15(12,13)8-6(3)14-5(2)7(8)9(10)11/h4H2,1-3H3,(H,10,11). The fraction of sp³-hybridized carbons (Fsp3) is 0.444. The number of thiophene rings is 1. The average Bonchev–Trinajstić information content (AvgIpc) is 2.41. The van der Waals surface area contributed by atoms with Crippen LogP contribution in [0, 0.1) is 13.8 Å². The Bertz CT molecular complexity index is 496. The van der Waals surface area contributed by atoms with Gasteiger partial charge in [-0.3, -0.25) is 0 Å². The molecule has 0 fully saturated rings. The zero-order valence-corrected chi connectivity index (χ0v) is 10.3. The molecular formula is C9H12O4S2. The first-order valence-corrected chi connectivity index (χ1v) is 6.84. The van der Waals surface area contributed by atoms with E-state index in [1.54, 1.807) is 13.8 Å². The highest BCUT2D eigenvalue weighted by molar-refractivity contribution is 7.91. The summed E-state index contributed by atoms with van der Waals surface area (Å²) in [5.41, 5.74) is -0.0700. The van der Waals surface area contributed by atoms with Crippen LogP contribution >= 0.6 is 11.3 Å². The Kier molecular flexibility index (Phi) is 3.20. The number of carboxylic acid groups (broad SMARTS) is 1. The minimum Gasteiger partial charge on any atom is -0.478 e. The van der Waals surface area contributed by atoms with E-state index in [0.29, 0.717) is 9.75 Å². The van der Waals surface area contributed by atoms with Gasteiger partial charge in [0.2, 0.25) is 0 Å². The van der Waals surface area contributed by atoms with E-state index in [2.05, 4.69) is 0 Å². The van der Waals surface area contributed by atoms with Gasteiger partial charge in [0.15, 0.2) is 9.84 Å². The van der Waals surface area contributed by atoms with Crippen LogP contribution in [0.5, 0.6) is 0 Å². The van der Waals surface area contributed by atoms with Gasteiger partial charge in [-0.15, -0.1) is 11.3 Å². The maximum absolute atomic E-state index is 11.7. The van der Waals surface area contributed by atoms with Crippen molar-refractivity contribution < 1.29 is 18.3 Å². The van der Waals surface area contributed by atoms with Crippen LogP contribution in [0.2, 0.25) is 0 Å². The Balaban J connectivity index is 3.61. The van der Waals surface area contributed by atoms with Gasteiger partial charge < -0.3 is 5.11 Å². The molecule has 4 nitrogen and oxygen atoms in total. The van der Waals surface area contributed by atoms with E-state index < -0.39 is 15.8 Å². The van der Waals surface area contributed by atoms with Crippen LogP contribution in [0.25, 0.3) is 0 Å². The van der Waals surface area contributed by atoms with Crippen molar-refractivity contribution >= 4 is 27.1 Å². The predicted molar refractivity (Wildman–Crippen MR) is 58.5 cm³/mol. The van der Waals surface area contributed by atoms with E-state index in [1.807, 2.05) is 0 Å². The van der Waals surface area contributed by atoms with Crippen molar-refractivity contribution in [2.45, 2.75) is 25.7 Å². The van der Waals surface area contributed by atoms with Gasteiger partial charge in [0.1, 0.15) is 0 Å². The summed E-state index contributed by atoms with van der Waals surface area (Å²) in [5, 5.41) is 8.96. The summed E-state index contributed by atoms with van der Waals surface area (Å²) >= 11 is 1.21. The zero-order valence-electron chi connectivity index (χ0n) is 8.70. The van der Waals surface area contributed by atoms with E-state index >= 15 is 0 Å². The molecule has 0 saturated heterocycles. The Morgan fingerprint density at radius 3 is 2.27 bits per heavy atom. The summed E-state index contributed by atoms with van der Waals surface area (Å²) in [6, 6.07) is 0. The molecule has 1 aromatic heterocycles. The number of rotatable bonds is 3. The summed E-state index contributed by atoms with van der Waals surface area (Å²) in [6.45, 7) is 4.76. The number of hydrogen-bond acceptors (Lipinski definition) is 4. The molecule has 6 heteroatoms. The Morgan fingerprint density at radius 1 is 1.33 bits per heavy atom. The maximum Gasteiger partial charge on any atom is 0.338 e. The van der Waals surface area contributed by atoms with Crippen molar-refractivity contribution in [3.63, 3.8) is 0 Å². The van der Waals surface area contributed by atoms with Crippen molar-refractivity contribution in [2.75, 3.05) is 5.75 Å². The summed E-state index contributed by atoms with van der Waals surface area (Å²) in [5.74, 6) is -1.26. The van der Waals surface area contributed by atoms with E-state index in [0.717, 1.165) is 0 Å². The van der Waals surface area contributed by atoms with E-state index in [-0.39, 0.29) is 16.2 Å². The summed E-state index contributed by atoms with van der Waals surface area (Å²) in [6.07, 6.45) is 0. The molecule has 0 bridgehead atoms. The summed E-state index contributed by atoms with van der Waals surface area (Å²) < 4.78 is 23.4. The quantitative estimate of drug-likeness (QED) is 0.886. The van der Waals surface area contributed by atoms with Gasteiger partial charge in [0.05, 0.1) is 16.2 Å². The maximum atomic E-state index is 11.7. The first-order chi connectivity index (χ1) is 6.81. The highest BCUT2D eigenvalue weighted by Gasteiger charge is 2.27. The molecule has 0 aliphatic rings. The highest BCUT2D eigenvalue weighted by Crippen LogP contribution is 2.31. The van der Waals surface area contributed by atoms with Gasteiger partial charge in [-0.1, -0.05) is 6.92 Å². The second-order valence-electron chi connectivity index (χ2n) is 3.13. The van der Waals surface area contributed by atoms with Crippen LogP contribution in [0.4, 0.5) is 0 Å². The molecule has 0 unspecified atom stereocenters. The third-order valence-electron chi connectivity index (χ3n) is 2.11. The van der Waals surface area contributed by atoms with Gasteiger partial charge in [-0.25, -0.2) is 13.2 Å².